The van der Waals surface area contributed by atoms with E-state index in [1.54, 1.807) is 50.6 Å². The van der Waals surface area contributed by atoms with Gasteiger partial charge in [0.05, 0.1) is 28.6 Å². The van der Waals surface area contributed by atoms with Crippen molar-refractivity contribution < 1.29 is 14.3 Å². The molecule has 2 aromatic carbocycles. The lowest BCUT2D eigenvalue weighted by Crippen LogP contribution is -2.27. The third-order valence-electron chi connectivity index (χ3n) is 3.44. The van der Waals surface area contributed by atoms with E-state index in [4.69, 9.17) is 32.7 Å². The number of halogens is 2. The van der Waals surface area contributed by atoms with Gasteiger partial charge in [0.1, 0.15) is 0 Å². The number of amides is 1. The molecule has 0 aliphatic heterocycles. The molecule has 0 saturated carbocycles. The van der Waals surface area contributed by atoms with Crippen LogP contribution in [-0.4, -0.2) is 44.3 Å². The lowest BCUT2D eigenvalue weighted by molar-refractivity contribution is -0.130. The lowest BCUT2D eigenvalue weighted by Gasteiger charge is -2.14. The monoisotopic (exact) mass is 409 g/mol. The normalized spacial score (nSPS) is 10.7. The molecule has 6 nitrogen and oxygen atoms in total. The standard InChI is InChI=1S/C19H21Cl2N3O3/c1-4-26-18-9-13(5-8-17(18)27-12-19(25)24(2)3)11-22-23-14-6-7-15(20)16(21)10-14/h5-11,23H,4,12H2,1-3H3/b22-11-. The van der Waals surface area contributed by atoms with Crippen molar-refractivity contribution in [2.24, 2.45) is 5.10 Å². The van der Waals surface area contributed by atoms with Gasteiger partial charge in [0, 0.05) is 14.1 Å². The second kappa shape index (κ2) is 10.0. The maximum absolute atomic E-state index is 11.7. The zero-order valence-corrected chi connectivity index (χ0v) is 16.8. The molecule has 144 valence electrons. The molecule has 0 saturated heterocycles. The molecule has 0 aliphatic rings. The summed E-state index contributed by atoms with van der Waals surface area (Å²) in [5.74, 6) is 0.915. The molecule has 0 bridgehead atoms. The van der Waals surface area contributed by atoms with E-state index < -0.39 is 0 Å². The minimum absolute atomic E-state index is 0.0562. The van der Waals surface area contributed by atoms with Crippen molar-refractivity contribution in [2.45, 2.75) is 6.92 Å². The summed E-state index contributed by atoms with van der Waals surface area (Å²) >= 11 is 11.9. The summed E-state index contributed by atoms with van der Waals surface area (Å²) in [4.78, 5) is 13.2. The first kappa shape index (κ1) is 20.9. The average Bonchev–Trinajstić information content (AvgIpc) is 2.64. The van der Waals surface area contributed by atoms with Crippen LogP contribution in [0, 0.1) is 0 Å². The van der Waals surface area contributed by atoms with Gasteiger partial charge in [0.15, 0.2) is 18.1 Å². The van der Waals surface area contributed by atoms with E-state index in [0.29, 0.717) is 33.8 Å². The van der Waals surface area contributed by atoms with Gasteiger partial charge >= 0.3 is 0 Å². The topological polar surface area (TPSA) is 63.2 Å². The number of likely N-dealkylation sites (N-methyl/N-ethyl adjacent to an activating group) is 1. The average molecular weight is 410 g/mol. The van der Waals surface area contributed by atoms with E-state index in [2.05, 4.69) is 10.5 Å². The summed E-state index contributed by atoms with van der Waals surface area (Å²) in [7, 11) is 3.35. The summed E-state index contributed by atoms with van der Waals surface area (Å²) in [6, 6.07) is 10.5. The molecule has 1 N–H and O–H groups in total. The predicted molar refractivity (Wildman–Crippen MR) is 109 cm³/mol. The Kier molecular flexibility index (Phi) is 7.76. The summed E-state index contributed by atoms with van der Waals surface area (Å²) in [5, 5.41) is 5.11. The van der Waals surface area contributed by atoms with Gasteiger partial charge in [-0.1, -0.05) is 23.2 Å². The second-order valence-corrected chi connectivity index (χ2v) is 6.53. The minimum Gasteiger partial charge on any atom is -0.490 e. The zero-order valence-electron chi connectivity index (χ0n) is 15.3. The Morgan fingerprint density at radius 1 is 1.11 bits per heavy atom. The summed E-state index contributed by atoms with van der Waals surface area (Å²) < 4.78 is 11.2. The van der Waals surface area contributed by atoms with Crippen LogP contribution < -0.4 is 14.9 Å². The molecule has 0 aliphatic carbocycles. The van der Waals surface area contributed by atoms with Gasteiger partial charge < -0.3 is 14.4 Å². The Morgan fingerprint density at radius 3 is 2.56 bits per heavy atom. The van der Waals surface area contributed by atoms with Crippen molar-refractivity contribution in [3.63, 3.8) is 0 Å². The van der Waals surface area contributed by atoms with Crippen LogP contribution in [0.4, 0.5) is 5.69 Å². The van der Waals surface area contributed by atoms with Crippen molar-refractivity contribution in [2.75, 3.05) is 32.7 Å². The van der Waals surface area contributed by atoms with Crippen LogP contribution in [0.15, 0.2) is 41.5 Å². The van der Waals surface area contributed by atoms with Crippen molar-refractivity contribution in [3.05, 3.63) is 52.0 Å². The molecule has 0 fully saturated rings. The van der Waals surface area contributed by atoms with E-state index in [1.807, 2.05) is 13.0 Å². The highest BCUT2D eigenvalue weighted by atomic mass is 35.5. The van der Waals surface area contributed by atoms with Gasteiger partial charge in [-0.25, -0.2) is 0 Å². The number of hydrazone groups is 1. The van der Waals surface area contributed by atoms with E-state index in [1.165, 1.54) is 4.90 Å². The fraction of sp³-hybridized carbons (Fsp3) is 0.263. The summed E-state index contributed by atoms with van der Waals surface area (Å²) in [5.41, 5.74) is 4.40. The molecular weight excluding hydrogens is 389 g/mol. The molecule has 8 heteroatoms. The van der Waals surface area contributed by atoms with Gasteiger partial charge in [-0.15, -0.1) is 0 Å². The molecule has 1 amide bonds. The molecule has 0 unspecified atom stereocenters. The number of rotatable bonds is 8. The first-order chi connectivity index (χ1) is 12.9. The smallest absolute Gasteiger partial charge is 0.259 e. The lowest BCUT2D eigenvalue weighted by atomic mass is 10.2. The number of anilines is 1. The number of benzene rings is 2. The van der Waals surface area contributed by atoms with Crippen LogP contribution in [0.25, 0.3) is 0 Å². The molecule has 0 atom stereocenters. The van der Waals surface area contributed by atoms with Crippen LogP contribution >= 0.6 is 23.2 Å². The quantitative estimate of drug-likeness (QED) is 0.521. The van der Waals surface area contributed by atoms with Gasteiger partial charge in [-0.05, 0) is 48.9 Å². The molecule has 0 aromatic heterocycles. The van der Waals surface area contributed by atoms with Crippen molar-refractivity contribution >= 4 is 41.0 Å². The second-order valence-electron chi connectivity index (χ2n) is 5.71. The Labute approximate surface area is 168 Å². The molecule has 2 aromatic rings. The molecule has 0 spiro atoms. The predicted octanol–water partition coefficient (Wildman–Crippen LogP) is 4.31. The van der Waals surface area contributed by atoms with Crippen LogP contribution in [0.2, 0.25) is 10.0 Å². The minimum atomic E-state index is -0.131. The van der Waals surface area contributed by atoms with E-state index >= 15 is 0 Å². The number of nitrogens with one attached hydrogen (secondary N) is 1. The molecule has 27 heavy (non-hydrogen) atoms. The Balaban J connectivity index is 2.07. The largest absolute Gasteiger partial charge is 0.490 e. The number of carbonyl (C=O) groups is 1. The first-order valence-corrected chi connectivity index (χ1v) is 9.00. The van der Waals surface area contributed by atoms with Gasteiger partial charge in [0.25, 0.3) is 5.91 Å². The van der Waals surface area contributed by atoms with Crippen LogP contribution in [-0.2, 0) is 4.79 Å². The fourth-order valence-corrected chi connectivity index (χ4v) is 2.31. The van der Waals surface area contributed by atoms with Crippen LogP contribution in [0.1, 0.15) is 12.5 Å². The van der Waals surface area contributed by atoms with Gasteiger partial charge in [-0.2, -0.15) is 5.10 Å². The van der Waals surface area contributed by atoms with E-state index in [-0.39, 0.29) is 12.5 Å². The third-order valence-corrected chi connectivity index (χ3v) is 4.18. The summed E-state index contributed by atoms with van der Waals surface area (Å²) in [6.45, 7) is 2.29. The molecule has 0 heterocycles. The SMILES string of the molecule is CCOc1cc(/C=N\Nc2ccc(Cl)c(Cl)c2)ccc1OCC(=O)N(C)C. The molecular formula is C19H21Cl2N3O3. The highest BCUT2D eigenvalue weighted by Gasteiger charge is 2.10. The Morgan fingerprint density at radius 2 is 1.89 bits per heavy atom. The van der Waals surface area contributed by atoms with E-state index in [9.17, 15) is 4.79 Å². The maximum atomic E-state index is 11.7. The van der Waals surface area contributed by atoms with E-state index in [0.717, 1.165) is 5.56 Å². The maximum Gasteiger partial charge on any atom is 0.259 e. The Hall–Kier alpha value is -2.44. The zero-order chi connectivity index (χ0) is 19.8. The number of hydrogen-bond donors (Lipinski definition) is 1. The molecule has 0 radical (unpaired) electrons. The number of hydrogen-bond acceptors (Lipinski definition) is 5. The number of nitrogens with zero attached hydrogens (tertiary/aromatic N) is 2. The van der Waals surface area contributed by atoms with Crippen molar-refractivity contribution in [3.8, 4) is 11.5 Å². The van der Waals surface area contributed by atoms with Crippen molar-refractivity contribution in [1.29, 1.82) is 0 Å². The van der Waals surface area contributed by atoms with Crippen LogP contribution in [0.3, 0.4) is 0 Å². The van der Waals surface area contributed by atoms with Crippen LogP contribution in [0.5, 0.6) is 11.5 Å². The highest BCUT2D eigenvalue weighted by molar-refractivity contribution is 6.42. The first-order valence-electron chi connectivity index (χ1n) is 8.24. The number of ether oxygens (including phenoxy) is 2. The summed E-state index contributed by atoms with van der Waals surface area (Å²) in [6.07, 6.45) is 1.64. The Bertz CT molecular complexity index is 826. The third kappa shape index (κ3) is 6.34. The fourth-order valence-electron chi connectivity index (χ4n) is 2.01. The molecule has 2 rings (SSSR count). The van der Waals surface area contributed by atoms with Crippen molar-refractivity contribution in [1.82, 2.24) is 4.90 Å². The van der Waals surface area contributed by atoms with Gasteiger partial charge in [-0.3, -0.25) is 10.2 Å². The number of carbonyl (C=O) groups excluding carboxylic acids is 1. The van der Waals surface area contributed by atoms with Gasteiger partial charge in [0.2, 0.25) is 0 Å². The highest BCUT2D eigenvalue weighted by Crippen LogP contribution is 2.28.